The van der Waals surface area contributed by atoms with Crippen LogP contribution in [0.5, 0.6) is 0 Å². The summed E-state index contributed by atoms with van der Waals surface area (Å²) in [6.07, 6.45) is 3.36. The third-order valence-electron chi connectivity index (χ3n) is 2.32. The minimum atomic E-state index is -0.226. The molecule has 2 heterocycles. The van der Waals surface area contributed by atoms with Crippen LogP contribution >= 0.6 is 0 Å². The molecule has 0 spiro atoms. The van der Waals surface area contributed by atoms with E-state index in [4.69, 9.17) is 0 Å². The van der Waals surface area contributed by atoms with Crippen molar-refractivity contribution in [2.75, 3.05) is 18.9 Å². The highest BCUT2D eigenvalue weighted by Crippen LogP contribution is 2.06. The largest absolute Gasteiger partial charge is 0.388 e. The second-order valence-electron chi connectivity index (χ2n) is 3.53. The summed E-state index contributed by atoms with van der Waals surface area (Å²) in [6, 6.07) is 3.47. The number of pyridine rings is 1. The Hall–Kier alpha value is -2.44. The second-order valence-corrected chi connectivity index (χ2v) is 3.53. The number of anilines is 1. The second kappa shape index (κ2) is 5.76. The number of hydrogen-bond donors (Lipinski definition) is 2. The molecular weight excluding hydrogens is 234 g/mol. The number of amides is 1. The van der Waals surface area contributed by atoms with Gasteiger partial charge in [0.25, 0.3) is 5.91 Å². The quantitative estimate of drug-likeness (QED) is 0.798. The fourth-order valence-corrected chi connectivity index (χ4v) is 1.39. The molecule has 0 aliphatic heterocycles. The third kappa shape index (κ3) is 3.03. The third-order valence-corrected chi connectivity index (χ3v) is 2.32. The van der Waals surface area contributed by atoms with Crippen molar-refractivity contribution in [3.63, 3.8) is 0 Å². The van der Waals surface area contributed by atoms with Crippen LogP contribution in [-0.4, -0.2) is 34.6 Å². The summed E-state index contributed by atoms with van der Waals surface area (Å²) in [5, 5.41) is 9.34. The Bertz CT molecular complexity index is 512. The average molecular weight is 247 g/mol. The van der Waals surface area contributed by atoms with Crippen LogP contribution in [0.4, 0.5) is 5.69 Å². The molecule has 18 heavy (non-hydrogen) atoms. The molecule has 0 atom stereocenters. The molecule has 2 aromatic heterocycles. The molecule has 7 heteroatoms. The lowest BCUT2D eigenvalue weighted by Crippen LogP contribution is -2.26. The van der Waals surface area contributed by atoms with E-state index >= 15 is 0 Å². The number of rotatable bonds is 5. The first-order chi connectivity index (χ1) is 8.79. The summed E-state index contributed by atoms with van der Waals surface area (Å²) in [6.45, 7) is 0.434. The SMILES string of the molecule is CNc1ccnc(C(=O)NCCc2ncon2)c1. The smallest absolute Gasteiger partial charge is 0.269 e. The lowest BCUT2D eigenvalue weighted by Gasteiger charge is -2.04. The number of nitrogens with zero attached hydrogens (tertiary/aromatic N) is 3. The van der Waals surface area contributed by atoms with Gasteiger partial charge in [-0.3, -0.25) is 9.78 Å². The summed E-state index contributed by atoms with van der Waals surface area (Å²) in [5.74, 6) is 0.336. The van der Waals surface area contributed by atoms with E-state index in [0.29, 0.717) is 24.5 Å². The van der Waals surface area contributed by atoms with Gasteiger partial charge in [-0.2, -0.15) is 4.98 Å². The summed E-state index contributed by atoms with van der Waals surface area (Å²) >= 11 is 0. The van der Waals surface area contributed by atoms with E-state index in [1.54, 1.807) is 25.4 Å². The van der Waals surface area contributed by atoms with Gasteiger partial charge in [0.1, 0.15) is 5.69 Å². The maximum absolute atomic E-state index is 11.8. The Kier molecular flexibility index (Phi) is 3.85. The lowest BCUT2D eigenvalue weighted by atomic mass is 10.3. The summed E-state index contributed by atoms with van der Waals surface area (Å²) < 4.78 is 4.59. The normalized spacial score (nSPS) is 10.1. The maximum Gasteiger partial charge on any atom is 0.269 e. The molecule has 0 aromatic carbocycles. The molecule has 2 N–H and O–H groups in total. The van der Waals surface area contributed by atoms with Crippen LogP contribution in [0, 0.1) is 0 Å². The van der Waals surface area contributed by atoms with Gasteiger partial charge in [-0.1, -0.05) is 5.16 Å². The Labute approximate surface area is 104 Å². The first kappa shape index (κ1) is 12.0. The Morgan fingerprint density at radius 3 is 3.06 bits per heavy atom. The van der Waals surface area contributed by atoms with Gasteiger partial charge in [-0.25, -0.2) is 0 Å². The minimum absolute atomic E-state index is 0.226. The van der Waals surface area contributed by atoms with Gasteiger partial charge in [-0.05, 0) is 12.1 Å². The van der Waals surface area contributed by atoms with Crippen LogP contribution in [0.15, 0.2) is 29.2 Å². The van der Waals surface area contributed by atoms with Gasteiger partial charge < -0.3 is 15.2 Å². The van der Waals surface area contributed by atoms with Crippen molar-refractivity contribution in [3.05, 3.63) is 36.2 Å². The van der Waals surface area contributed by atoms with E-state index in [1.807, 2.05) is 0 Å². The monoisotopic (exact) mass is 247 g/mol. The first-order valence-corrected chi connectivity index (χ1v) is 5.47. The van der Waals surface area contributed by atoms with Crippen LogP contribution in [-0.2, 0) is 6.42 Å². The van der Waals surface area contributed by atoms with Crippen LogP contribution in [0.25, 0.3) is 0 Å². The van der Waals surface area contributed by atoms with E-state index in [0.717, 1.165) is 5.69 Å². The molecule has 2 aromatic rings. The summed E-state index contributed by atoms with van der Waals surface area (Å²) in [4.78, 5) is 19.6. The van der Waals surface area contributed by atoms with Gasteiger partial charge in [0.2, 0.25) is 6.39 Å². The summed E-state index contributed by atoms with van der Waals surface area (Å²) in [7, 11) is 1.78. The van der Waals surface area contributed by atoms with Crippen molar-refractivity contribution in [2.45, 2.75) is 6.42 Å². The maximum atomic E-state index is 11.8. The zero-order chi connectivity index (χ0) is 12.8. The number of carbonyl (C=O) groups excluding carboxylic acids is 1. The van der Waals surface area contributed by atoms with E-state index in [1.165, 1.54) is 6.39 Å². The topological polar surface area (TPSA) is 92.9 Å². The lowest BCUT2D eigenvalue weighted by molar-refractivity contribution is 0.0949. The molecule has 7 nitrogen and oxygen atoms in total. The fourth-order valence-electron chi connectivity index (χ4n) is 1.39. The van der Waals surface area contributed by atoms with E-state index in [-0.39, 0.29) is 5.91 Å². The van der Waals surface area contributed by atoms with Crippen LogP contribution in [0.2, 0.25) is 0 Å². The molecule has 0 aliphatic carbocycles. The zero-order valence-corrected chi connectivity index (χ0v) is 9.88. The Morgan fingerprint density at radius 2 is 2.33 bits per heavy atom. The van der Waals surface area contributed by atoms with E-state index < -0.39 is 0 Å². The number of aromatic nitrogens is 3. The van der Waals surface area contributed by atoms with Crippen molar-refractivity contribution in [3.8, 4) is 0 Å². The number of hydrogen-bond acceptors (Lipinski definition) is 6. The highest BCUT2D eigenvalue weighted by molar-refractivity contribution is 5.93. The molecular formula is C11H13N5O2. The Morgan fingerprint density at radius 1 is 1.44 bits per heavy atom. The molecule has 0 fully saturated rings. The van der Waals surface area contributed by atoms with Gasteiger partial charge in [0, 0.05) is 31.9 Å². The molecule has 94 valence electrons. The highest BCUT2D eigenvalue weighted by Gasteiger charge is 2.07. The van der Waals surface area contributed by atoms with Crippen molar-refractivity contribution in [2.24, 2.45) is 0 Å². The molecule has 0 radical (unpaired) electrons. The van der Waals surface area contributed by atoms with Crippen molar-refractivity contribution in [1.82, 2.24) is 20.4 Å². The predicted octanol–water partition coefficient (Wildman–Crippen LogP) is 0.479. The molecule has 0 aliphatic rings. The van der Waals surface area contributed by atoms with Crippen LogP contribution < -0.4 is 10.6 Å². The van der Waals surface area contributed by atoms with E-state index in [2.05, 4.69) is 30.3 Å². The standard InChI is InChI=1S/C11H13N5O2/c1-12-8-2-4-13-9(6-8)11(17)14-5-3-10-15-7-18-16-10/h2,4,6-7H,3,5H2,1H3,(H,12,13)(H,14,17). The minimum Gasteiger partial charge on any atom is -0.388 e. The predicted molar refractivity (Wildman–Crippen MR) is 64.1 cm³/mol. The molecule has 0 saturated heterocycles. The molecule has 0 unspecified atom stereocenters. The number of carbonyl (C=O) groups is 1. The van der Waals surface area contributed by atoms with Crippen molar-refractivity contribution < 1.29 is 9.32 Å². The first-order valence-electron chi connectivity index (χ1n) is 5.47. The van der Waals surface area contributed by atoms with Crippen molar-refractivity contribution in [1.29, 1.82) is 0 Å². The van der Waals surface area contributed by atoms with Gasteiger partial charge >= 0.3 is 0 Å². The van der Waals surface area contributed by atoms with Crippen molar-refractivity contribution >= 4 is 11.6 Å². The molecule has 2 rings (SSSR count). The van der Waals surface area contributed by atoms with E-state index in [9.17, 15) is 4.79 Å². The van der Waals surface area contributed by atoms with Crippen LogP contribution in [0.1, 0.15) is 16.3 Å². The molecule has 1 amide bonds. The molecule has 0 bridgehead atoms. The number of nitrogens with one attached hydrogen (secondary N) is 2. The highest BCUT2D eigenvalue weighted by atomic mass is 16.5. The van der Waals surface area contributed by atoms with Gasteiger partial charge in [-0.15, -0.1) is 0 Å². The zero-order valence-electron chi connectivity index (χ0n) is 9.88. The fraction of sp³-hybridized carbons (Fsp3) is 0.273. The molecule has 0 saturated carbocycles. The van der Waals surface area contributed by atoms with Gasteiger partial charge in [0.15, 0.2) is 5.82 Å². The van der Waals surface area contributed by atoms with Crippen LogP contribution in [0.3, 0.4) is 0 Å². The Balaban J connectivity index is 1.87. The summed E-state index contributed by atoms with van der Waals surface area (Å²) in [5.41, 5.74) is 1.21. The van der Waals surface area contributed by atoms with Gasteiger partial charge in [0.05, 0.1) is 0 Å². The average Bonchev–Trinajstić information content (AvgIpc) is 2.92.